The molecule has 1 aromatic heterocycles. The summed E-state index contributed by atoms with van der Waals surface area (Å²) in [6.07, 6.45) is 2.15. The van der Waals surface area contributed by atoms with Crippen molar-refractivity contribution in [2.45, 2.75) is 19.4 Å². The molecule has 164 valence electrons. The van der Waals surface area contributed by atoms with E-state index in [-0.39, 0.29) is 5.56 Å². The Bertz CT molecular complexity index is 1430. The van der Waals surface area contributed by atoms with E-state index in [0.717, 1.165) is 5.56 Å². The second-order valence-corrected chi connectivity index (χ2v) is 9.22. The van der Waals surface area contributed by atoms with Crippen molar-refractivity contribution in [1.82, 2.24) is 4.57 Å². The second-order valence-electron chi connectivity index (χ2n) is 6.99. The molecular formula is C23H17Cl3N2O3S. The molecule has 0 saturated carbocycles. The highest BCUT2D eigenvalue weighted by Gasteiger charge is 2.33. The van der Waals surface area contributed by atoms with Crippen molar-refractivity contribution in [1.29, 1.82) is 0 Å². The molecule has 32 heavy (non-hydrogen) atoms. The lowest BCUT2D eigenvalue weighted by Crippen LogP contribution is -2.40. The average Bonchev–Trinajstić information content (AvgIpc) is 3.10. The fraction of sp³-hybridized carbons (Fsp3) is 0.174. The van der Waals surface area contributed by atoms with Crippen molar-refractivity contribution in [2.24, 2.45) is 4.99 Å². The molecule has 1 aliphatic heterocycles. The largest absolute Gasteiger partial charge is 0.466 e. The van der Waals surface area contributed by atoms with Gasteiger partial charge in [0.25, 0.3) is 5.56 Å². The van der Waals surface area contributed by atoms with Gasteiger partial charge in [-0.1, -0.05) is 83.4 Å². The van der Waals surface area contributed by atoms with Gasteiger partial charge < -0.3 is 4.74 Å². The lowest BCUT2D eigenvalue weighted by atomic mass is 9.95. The standard InChI is InChI=1S/C23H17Cl3N2O3S/c1-3-16-18(22(30)31-2)20(12-7-5-4-6-8-12)28-21(29)17(32-23(28)27-16)10-13-9-14(24)11-15(25)19(13)26/h4-11,20H,3H2,1-2H3/b17-10-/t20-/m0/s1. The van der Waals surface area contributed by atoms with E-state index in [0.29, 0.717) is 47.7 Å². The smallest absolute Gasteiger partial charge is 0.338 e. The molecule has 9 heteroatoms. The third kappa shape index (κ3) is 4.04. The monoisotopic (exact) mass is 506 g/mol. The number of halogens is 3. The van der Waals surface area contributed by atoms with Crippen LogP contribution in [0.3, 0.4) is 0 Å². The minimum atomic E-state index is -0.657. The van der Waals surface area contributed by atoms with Gasteiger partial charge in [-0.05, 0) is 35.8 Å². The number of methoxy groups -OCH3 is 1. The molecule has 0 bridgehead atoms. The zero-order chi connectivity index (χ0) is 23.0. The van der Waals surface area contributed by atoms with Gasteiger partial charge in [-0.25, -0.2) is 9.79 Å². The van der Waals surface area contributed by atoms with Gasteiger partial charge in [0.05, 0.1) is 39.0 Å². The van der Waals surface area contributed by atoms with Gasteiger partial charge in [0.2, 0.25) is 0 Å². The van der Waals surface area contributed by atoms with Gasteiger partial charge >= 0.3 is 5.97 Å². The summed E-state index contributed by atoms with van der Waals surface area (Å²) in [6, 6.07) is 11.9. The summed E-state index contributed by atoms with van der Waals surface area (Å²) in [6.45, 7) is 1.91. The number of fused-ring (bicyclic) bond motifs is 1. The normalized spacial score (nSPS) is 16.0. The highest BCUT2D eigenvalue weighted by atomic mass is 35.5. The molecule has 5 nitrogen and oxygen atoms in total. The number of nitrogens with zero attached hydrogens (tertiary/aromatic N) is 2. The number of hydrogen-bond donors (Lipinski definition) is 0. The number of carbonyl (C=O) groups is 1. The van der Waals surface area contributed by atoms with E-state index in [1.807, 2.05) is 37.3 Å². The van der Waals surface area contributed by atoms with Gasteiger partial charge in [0.1, 0.15) is 0 Å². The van der Waals surface area contributed by atoms with E-state index in [9.17, 15) is 9.59 Å². The first-order chi connectivity index (χ1) is 15.3. The van der Waals surface area contributed by atoms with Gasteiger partial charge in [0, 0.05) is 5.02 Å². The molecule has 0 aliphatic carbocycles. The van der Waals surface area contributed by atoms with Crippen LogP contribution in [-0.2, 0) is 9.53 Å². The Labute approximate surface area is 202 Å². The van der Waals surface area contributed by atoms with Gasteiger partial charge in [-0.3, -0.25) is 9.36 Å². The summed E-state index contributed by atoms with van der Waals surface area (Å²) in [7, 11) is 1.32. The van der Waals surface area contributed by atoms with Crippen molar-refractivity contribution in [3.8, 4) is 0 Å². The first-order valence-electron chi connectivity index (χ1n) is 9.68. The molecule has 1 aliphatic rings. The van der Waals surface area contributed by atoms with Crippen LogP contribution in [0.5, 0.6) is 0 Å². The van der Waals surface area contributed by atoms with Gasteiger partial charge in [0.15, 0.2) is 4.80 Å². The Morgan fingerprint density at radius 1 is 1.22 bits per heavy atom. The van der Waals surface area contributed by atoms with Crippen LogP contribution in [0.1, 0.15) is 30.5 Å². The number of aromatic nitrogens is 1. The summed E-state index contributed by atoms with van der Waals surface area (Å²) < 4.78 is 6.97. The first-order valence-corrected chi connectivity index (χ1v) is 11.6. The number of esters is 1. The number of carbonyl (C=O) groups excluding carboxylic acids is 1. The van der Waals surface area contributed by atoms with Crippen molar-refractivity contribution in [3.63, 3.8) is 0 Å². The quantitative estimate of drug-likeness (QED) is 0.378. The second kappa shape index (κ2) is 9.24. The van der Waals surface area contributed by atoms with Crippen molar-refractivity contribution >= 4 is 58.2 Å². The lowest BCUT2D eigenvalue weighted by Gasteiger charge is -2.25. The fourth-order valence-electron chi connectivity index (χ4n) is 3.64. The topological polar surface area (TPSA) is 60.7 Å². The molecule has 3 aromatic rings. The summed E-state index contributed by atoms with van der Waals surface area (Å²) in [5.41, 5.74) is 1.94. The Morgan fingerprint density at radius 3 is 2.59 bits per heavy atom. The third-order valence-electron chi connectivity index (χ3n) is 5.07. The van der Waals surface area contributed by atoms with Crippen LogP contribution in [0.4, 0.5) is 0 Å². The fourth-order valence-corrected chi connectivity index (χ4v) is 5.32. The molecule has 0 fully saturated rings. The number of ether oxygens (including phenoxy) is 1. The summed E-state index contributed by atoms with van der Waals surface area (Å²) >= 11 is 19.8. The SMILES string of the molecule is CCC1=C(C(=O)OC)[C@H](c2ccccc2)n2c(s/c(=C\c3cc(Cl)cc(Cl)c3Cl)c2=O)=N1. The summed E-state index contributed by atoms with van der Waals surface area (Å²) in [4.78, 5) is 31.4. The van der Waals surface area contributed by atoms with Gasteiger partial charge in [-0.2, -0.15) is 0 Å². The van der Waals surface area contributed by atoms with E-state index in [2.05, 4.69) is 4.99 Å². The van der Waals surface area contributed by atoms with Crippen molar-refractivity contribution in [2.75, 3.05) is 7.11 Å². The zero-order valence-electron chi connectivity index (χ0n) is 17.1. The number of thiazole rings is 1. The maximum atomic E-state index is 13.5. The van der Waals surface area contributed by atoms with E-state index in [1.165, 1.54) is 29.1 Å². The van der Waals surface area contributed by atoms with E-state index in [4.69, 9.17) is 39.5 Å². The third-order valence-corrected chi connectivity index (χ3v) is 7.09. The molecular weight excluding hydrogens is 491 g/mol. The minimum Gasteiger partial charge on any atom is -0.466 e. The van der Waals surface area contributed by atoms with E-state index in [1.54, 1.807) is 12.1 Å². The molecule has 0 N–H and O–H groups in total. The van der Waals surface area contributed by atoms with E-state index >= 15 is 0 Å². The number of rotatable bonds is 4. The Morgan fingerprint density at radius 2 is 1.94 bits per heavy atom. The highest BCUT2D eigenvalue weighted by Crippen LogP contribution is 2.32. The highest BCUT2D eigenvalue weighted by molar-refractivity contribution is 7.07. The zero-order valence-corrected chi connectivity index (χ0v) is 20.1. The molecule has 2 heterocycles. The number of allylic oxidation sites excluding steroid dienone is 1. The molecule has 1 atom stereocenters. The molecule has 2 aromatic carbocycles. The van der Waals surface area contributed by atoms with Crippen molar-refractivity contribution in [3.05, 3.63) is 99.6 Å². The average molecular weight is 508 g/mol. The van der Waals surface area contributed by atoms with Gasteiger partial charge in [-0.15, -0.1) is 0 Å². The lowest BCUT2D eigenvalue weighted by molar-refractivity contribution is -0.136. The van der Waals surface area contributed by atoms with E-state index < -0.39 is 12.0 Å². The molecule has 0 unspecified atom stereocenters. The Hall–Kier alpha value is -2.38. The molecule has 0 saturated heterocycles. The number of hydrogen-bond acceptors (Lipinski definition) is 5. The van der Waals surface area contributed by atoms with Crippen LogP contribution < -0.4 is 14.9 Å². The predicted molar refractivity (Wildman–Crippen MR) is 128 cm³/mol. The Kier molecular flexibility index (Phi) is 6.58. The van der Waals surface area contributed by atoms with Crippen LogP contribution in [-0.4, -0.2) is 17.6 Å². The van der Waals surface area contributed by atoms with Crippen LogP contribution in [0.25, 0.3) is 6.08 Å². The maximum Gasteiger partial charge on any atom is 0.338 e. The van der Waals surface area contributed by atoms with Crippen molar-refractivity contribution < 1.29 is 9.53 Å². The predicted octanol–water partition coefficient (Wildman–Crippen LogP) is 4.76. The Balaban J connectivity index is 2.03. The first kappa shape index (κ1) is 22.8. The minimum absolute atomic E-state index is 0.293. The molecule has 0 amide bonds. The molecule has 0 radical (unpaired) electrons. The van der Waals surface area contributed by atoms with Crippen LogP contribution in [0.2, 0.25) is 15.1 Å². The van der Waals surface area contributed by atoms with Crippen LogP contribution >= 0.6 is 46.1 Å². The van der Waals surface area contributed by atoms with Crippen LogP contribution in [0.15, 0.2) is 63.5 Å². The van der Waals surface area contributed by atoms with Crippen LogP contribution in [0, 0.1) is 0 Å². The number of benzene rings is 2. The molecule has 0 spiro atoms. The molecule has 4 rings (SSSR count). The summed E-state index contributed by atoms with van der Waals surface area (Å²) in [5, 5.41) is 0.995. The summed E-state index contributed by atoms with van der Waals surface area (Å²) in [5.74, 6) is -0.515. The maximum absolute atomic E-state index is 13.5.